The monoisotopic (exact) mass is 327 g/mol. The van der Waals surface area contributed by atoms with Gasteiger partial charge < -0.3 is 15.5 Å². The first-order valence-electron chi connectivity index (χ1n) is 9.89. The summed E-state index contributed by atoms with van der Waals surface area (Å²) in [5.74, 6) is 0. The van der Waals surface area contributed by atoms with Crippen molar-refractivity contribution in [3.63, 3.8) is 0 Å². The van der Waals surface area contributed by atoms with Gasteiger partial charge in [0.1, 0.15) is 0 Å². The molecule has 0 heterocycles. The van der Waals surface area contributed by atoms with Gasteiger partial charge in [-0.1, -0.05) is 89.7 Å². The Morgan fingerprint density at radius 2 is 1.30 bits per heavy atom. The van der Waals surface area contributed by atoms with E-state index in [-0.39, 0.29) is 12.6 Å². The van der Waals surface area contributed by atoms with E-state index in [9.17, 15) is 5.11 Å². The SMILES string of the molecule is CCCCCCCCCCCCCC/C=C/[C@@H](O)[C@H](CO)NC. The molecule has 2 atom stereocenters. The van der Waals surface area contributed by atoms with Crippen molar-refractivity contribution in [2.45, 2.75) is 103 Å². The molecule has 0 bridgehead atoms. The number of aliphatic hydroxyl groups excluding tert-OH is 2. The zero-order chi connectivity index (χ0) is 17.2. The summed E-state index contributed by atoms with van der Waals surface area (Å²) in [6, 6.07) is -0.256. The van der Waals surface area contributed by atoms with E-state index in [4.69, 9.17) is 5.11 Å². The lowest BCUT2D eigenvalue weighted by Crippen LogP contribution is -2.39. The van der Waals surface area contributed by atoms with Crippen LogP contribution in [0.3, 0.4) is 0 Å². The molecule has 3 nitrogen and oxygen atoms in total. The van der Waals surface area contributed by atoms with Gasteiger partial charge in [-0.15, -0.1) is 0 Å². The smallest absolute Gasteiger partial charge is 0.0896 e. The number of likely N-dealkylation sites (N-methyl/N-ethyl adjacent to an activating group) is 1. The zero-order valence-corrected chi connectivity index (χ0v) is 15.6. The molecule has 0 fully saturated rings. The van der Waals surface area contributed by atoms with Crippen molar-refractivity contribution < 1.29 is 10.2 Å². The Morgan fingerprint density at radius 1 is 0.826 bits per heavy atom. The van der Waals surface area contributed by atoms with E-state index in [1.807, 2.05) is 6.08 Å². The topological polar surface area (TPSA) is 52.5 Å². The quantitative estimate of drug-likeness (QED) is 0.271. The second-order valence-electron chi connectivity index (χ2n) is 6.67. The van der Waals surface area contributed by atoms with Crippen molar-refractivity contribution in [2.24, 2.45) is 0 Å². The predicted octanol–water partition coefficient (Wildman–Crippen LogP) is 4.58. The molecule has 3 N–H and O–H groups in total. The lowest BCUT2D eigenvalue weighted by Gasteiger charge is -2.16. The highest BCUT2D eigenvalue weighted by Crippen LogP contribution is 2.12. The van der Waals surface area contributed by atoms with Gasteiger partial charge in [-0.3, -0.25) is 0 Å². The first-order chi connectivity index (χ1) is 11.3. The van der Waals surface area contributed by atoms with Gasteiger partial charge >= 0.3 is 0 Å². The maximum absolute atomic E-state index is 9.79. The van der Waals surface area contributed by atoms with Gasteiger partial charge in [0.15, 0.2) is 0 Å². The standard InChI is InChI=1S/C20H41NO2/c1-3-4-5-6-7-8-9-10-11-12-13-14-15-16-17-20(23)19(18-22)21-2/h16-17,19-23H,3-15,18H2,1-2H3/b17-16+/t19-,20+/m0/s1. The van der Waals surface area contributed by atoms with Crippen molar-refractivity contribution in [2.75, 3.05) is 13.7 Å². The van der Waals surface area contributed by atoms with Gasteiger partial charge in [0.25, 0.3) is 0 Å². The maximum atomic E-state index is 9.79. The molecule has 138 valence electrons. The highest BCUT2D eigenvalue weighted by molar-refractivity contribution is 4.94. The lowest BCUT2D eigenvalue weighted by molar-refractivity contribution is 0.128. The minimum absolute atomic E-state index is 0.0411. The Labute approximate surface area is 144 Å². The maximum Gasteiger partial charge on any atom is 0.0896 e. The van der Waals surface area contributed by atoms with Crippen molar-refractivity contribution in [1.29, 1.82) is 0 Å². The third-order valence-electron chi connectivity index (χ3n) is 4.54. The average Bonchev–Trinajstić information content (AvgIpc) is 2.56. The molecule has 0 aromatic rings. The zero-order valence-electron chi connectivity index (χ0n) is 15.6. The Kier molecular flexibility index (Phi) is 17.7. The van der Waals surface area contributed by atoms with Gasteiger partial charge in [-0.25, -0.2) is 0 Å². The number of nitrogens with one attached hydrogen (secondary N) is 1. The van der Waals surface area contributed by atoms with E-state index in [0.29, 0.717) is 0 Å². The van der Waals surface area contributed by atoms with E-state index in [1.165, 1.54) is 77.0 Å². The molecule has 0 aliphatic rings. The van der Waals surface area contributed by atoms with Crippen LogP contribution < -0.4 is 5.32 Å². The Balaban J connectivity index is 3.27. The number of rotatable bonds is 17. The van der Waals surface area contributed by atoms with Crippen LogP contribution in [0.15, 0.2) is 12.2 Å². The Morgan fingerprint density at radius 3 is 1.74 bits per heavy atom. The van der Waals surface area contributed by atoms with Crippen LogP contribution in [0.25, 0.3) is 0 Å². The van der Waals surface area contributed by atoms with Gasteiger partial charge in [0.2, 0.25) is 0 Å². The van der Waals surface area contributed by atoms with E-state index < -0.39 is 6.10 Å². The summed E-state index contributed by atoms with van der Waals surface area (Å²) in [7, 11) is 1.75. The molecule has 0 spiro atoms. The lowest BCUT2D eigenvalue weighted by atomic mass is 10.0. The van der Waals surface area contributed by atoms with E-state index >= 15 is 0 Å². The van der Waals surface area contributed by atoms with Gasteiger partial charge in [0, 0.05) is 0 Å². The molecule has 23 heavy (non-hydrogen) atoms. The fourth-order valence-corrected chi connectivity index (χ4v) is 2.84. The summed E-state index contributed by atoms with van der Waals surface area (Å²) in [5, 5.41) is 21.7. The summed E-state index contributed by atoms with van der Waals surface area (Å²) in [6.45, 7) is 2.23. The number of aliphatic hydroxyl groups is 2. The van der Waals surface area contributed by atoms with Gasteiger partial charge in [-0.05, 0) is 19.9 Å². The Hall–Kier alpha value is -0.380. The summed E-state index contributed by atoms with van der Waals surface area (Å²) in [6.07, 6.45) is 20.7. The minimum Gasteiger partial charge on any atom is -0.395 e. The molecule has 0 aliphatic carbocycles. The number of allylic oxidation sites excluding steroid dienone is 1. The molecular formula is C20H41NO2. The van der Waals surface area contributed by atoms with Gasteiger partial charge in [-0.2, -0.15) is 0 Å². The fraction of sp³-hybridized carbons (Fsp3) is 0.900. The molecule has 0 saturated carbocycles. The summed E-state index contributed by atoms with van der Waals surface area (Å²) in [4.78, 5) is 0. The van der Waals surface area contributed by atoms with Crippen molar-refractivity contribution in [3.05, 3.63) is 12.2 Å². The second-order valence-corrected chi connectivity index (χ2v) is 6.67. The number of hydrogen-bond acceptors (Lipinski definition) is 3. The molecule has 0 aliphatic heterocycles. The molecule has 0 amide bonds. The van der Waals surface area contributed by atoms with Gasteiger partial charge in [0.05, 0.1) is 18.8 Å². The third kappa shape index (κ3) is 14.9. The van der Waals surface area contributed by atoms with E-state index in [2.05, 4.69) is 12.2 Å². The molecule has 0 aromatic heterocycles. The minimum atomic E-state index is -0.595. The largest absolute Gasteiger partial charge is 0.395 e. The molecule has 0 saturated heterocycles. The van der Waals surface area contributed by atoms with E-state index in [1.54, 1.807) is 13.1 Å². The predicted molar refractivity (Wildman–Crippen MR) is 101 cm³/mol. The van der Waals surface area contributed by atoms with E-state index in [0.717, 1.165) is 6.42 Å². The van der Waals surface area contributed by atoms with Crippen LogP contribution in [-0.2, 0) is 0 Å². The summed E-state index contributed by atoms with van der Waals surface area (Å²) >= 11 is 0. The third-order valence-corrected chi connectivity index (χ3v) is 4.54. The van der Waals surface area contributed by atoms with Crippen LogP contribution in [0.4, 0.5) is 0 Å². The second kappa shape index (κ2) is 18.0. The van der Waals surface area contributed by atoms with Crippen LogP contribution in [0.2, 0.25) is 0 Å². The van der Waals surface area contributed by atoms with Crippen LogP contribution in [0, 0.1) is 0 Å². The van der Waals surface area contributed by atoms with Crippen molar-refractivity contribution in [1.82, 2.24) is 5.32 Å². The summed E-state index contributed by atoms with van der Waals surface area (Å²) < 4.78 is 0. The molecular weight excluding hydrogens is 286 g/mol. The van der Waals surface area contributed by atoms with Crippen LogP contribution in [0.5, 0.6) is 0 Å². The Bertz CT molecular complexity index is 252. The highest BCUT2D eigenvalue weighted by Gasteiger charge is 2.12. The molecule has 0 radical (unpaired) electrons. The average molecular weight is 328 g/mol. The fourth-order valence-electron chi connectivity index (χ4n) is 2.84. The first-order valence-corrected chi connectivity index (χ1v) is 9.89. The first kappa shape index (κ1) is 22.6. The molecule has 0 aromatic carbocycles. The molecule has 0 rings (SSSR count). The van der Waals surface area contributed by atoms with Crippen LogP contribution in [-0.4, -0.2) is 36.0 Å². The van der Waals surface area contributed by atoms with Crippen molar-refractivity contribution in [3.8, 4) is 0 Å². The number of unbranched alkanes of at least 4 members (excludes halogenated alkanes) is 12. The molecule has 3 heteroatoms. The van der Waals surface area contributed by atoms with Crippen LogP contribution >= 0.6 is 0 Å². The number of hydrogen-bond donors (Lipinski definition) is 3. The normalized spacial score (nSPS) is 14.4. The summed E-state index contributed by atoms with van der Waals surface area (Å²) in [5.41, 5.74) is 0. The highest BCUT2D eigenvalue weighted by atomic mass is 16.3. The van der Waals surface area contributed by atoms with Crippen molar-refractivity contribution >= 4 is 0 Å². The van der Waals surface area contributed by atoms with Crippen LogP contribution in [0.1, 0.15) is 90.4 Å². The molecule has 0 unspecified atom stereocenters.